The number of benzene rings is 3. The van der Waals surface area contributed by atoms with Crippen LogP contribution in [-0.2, 0) is 10.1 Å². The Bertz CT molecular complexity index is 929. The molecule has 0 spiro atoms. The fourth-order valence-corrected chi connectivity index (χ4v) is 3.28. The normalized spacial score (nSPS) is 11.2. The van der Waals surface area contributed by atoms with Crippen molar-refractivity contribution in [3.05, 3.63) is 83.4 Å². The first-order chi connectivity index (χ1) is 11.4. The van der Waals surface area contributed by atoms with Gasteiger partial charge in [-0.25, -0.2) is 0 Å². The number of hydrogen-bond acceptors (Lipinski definition) is 3. The lowest BCUT2D eigenvalue weighted by atomic mass is 10.1. The standard InChI is InChI=1S/C19H15ClO3S/c1-14-2-12-19(13-3-14)24(21,22)23-18-10-6-16(7-11-18)15-4-8-17(20)9-5-15/h2-13H,1H3. The van der Waals surface area contributed by atoms with E-state index in [1.165, 1.54) is 12.1 Å². The van der Waals surface area contributed by atoms with Crippen molar-refractivity contribution < 1.29 is 12.6 Å². The number of hydrogen-bond donors (Lipinski definition) is 0. The molecule has 3 rings (SSSR count). The molecule has 0 saturated heterocycles. The van der Waals surface area contributed by atoms with Crippen molar-refractivity contribution in [2.24, 2.45) is 0 Å². The number of halogens is 1. The molecule has 0 aromatic heterocycles. The Morgan fingerprint density at radius 1 is 0.750 bits per heavy atom. The summed E-state index contributed by atoms with van der Waals surface area (Å²) in [4.78, 5) is 0.134. The van der Waals surface area contributed by atoms with Crippen LogP contribution in [0.5, 0.6) is 5.75 Å². The Hall–Kier alpha value is -2.30. The molecule has 3 aromatic rings. The van der Waals surface area contributed by atoms with Crippen LogP contribution in [-0.4, -0.2) is 8.42 Å². The van der Waals surface area contributed by atoms with Crippen LogP contribution < -0.4 is 4.18 Å². The van der Waals surface area contributed by atoms with Gasteiger partial charge in [0.2, 0.25) is 0 Å². The van der Waals surface area contributed by atoms with Crippen molar-refractivity contribution in [2.45, 2.75) is 11.8 Å². The third-order valence-corrected chi connectivity index (χ3v) is 5.06. The highest BCUT2D eigenvalue weighted by Crippen LogP contribution is 2.25. The Labute approximate surface area is 146 Å². The molecule has 3 aromatic carbocycles. The Balaban J connectivity index is 1.81. The van der Waals surface area contributed by atoms with Gasteiger partial charge >= 0.3 is 10.1 Å². The molecule has 0 N–H and O–H groups in total. The smallest absolute Gasteiger partial charge is 0.339 e. The van der Waals surface area contributed by atoms with Gasteiger partial charge in [0, 0.05) is 5.02 Å². The van der Waals surface area contributed by atoms with Gasteiger partial charge in [0.05, 0.1) is 0 Å². The Kier molecular flexibility index (Phi) is 4.60. The first-order valence-corrected chi connectivity index (χ1v) is 9.10. The van der Waals surface area contributed by atoms with Crippen molar-refractivity contribution in [1.29, 1.82) is 0 Å². The third kappa shape index (κ3) is 3.78. The van der Waals surface area contributed by atoms with Gasteiger partial charge in [0.15, 0.2) is 0 Å². The van der Waals surface area contributed by atoms with Crippen molar-refractivity contribution in [2.75, 3.05) is 0 Å². The molecule has 0 saturated carbocycles. The van der Waals surface area contributed by atoms with Crippen LogP contribution in [0, 0.1) is 6.92 Å². The lowest BCUT2D eigenvalue weighted by Crippen LogP contribution is -2.09. The first-order valence-electron chi connectivity index (χ1n) is 7.31. The monoisotopic (exact) mass is 358 g/mol. The van der Waals surface area contributed by atoms with Gasteiger partial charge in [-0.15, -0.1) is 0 Å². The summed E-state index contributed by atoms with van der Waals surface area (Å²) in [5, 5.41) is 0.669. The first kappa shape index (κ1) is 16.6. The molecule has 0 radical (unpaired) electrons. The van der Waals surface area contributed by atoms with Gasteiger partial charge in [-0.3, -0.25) is 0 Å². The van der Waals surface area contributed by atoms with E-state index in [1.807, 2.05) is 43.3 Å². The van der Waals surface area contributed by atoms with E-state index in [4.69, 9.17) is 15.8 Å². The van der Waals surface area contributed by atoms with Crippen molar-refractivity contribution in [3.63, 3.8) is 0 Å². The van der Waals surface area contributed by atoms with E-state index in [0.717, 1.165) is 16.7 Å². The zero-order valence-electron chi connectivity index (χ0n) is 12.9. The van der Waals surface area contributed by atoms with Crippen molar-refractivity contribution in [1.82, 2.24) is 0 Å². The summed E-state index contributed by atoms with van der Waals surface area (Å²) in [6, 6.07) is 20.9. The minimum absolute atomic E-state index is 0.134. The largest absolute Gasteiger partial charge is 0.379 e. The molecule has 0 fully saturated rings. The second-order valence-electron chi connectivity index (χ2n) is 5.38. The van der Waals surface area contributed by atoms with Gasteiger partial charge in [0.1, 0.15) is 10.6 Å². The van der Waals surface area contributed by atoms with E-state index in [2.05, 4.69) is 0 Å². The van der Waals surface area contributed by atoms with Crippen LogP contribution in [0.2, 0.25) is 5.02 Å². The molecule has 0 heterocycles. The molecule has 0 bridgehead atoms. The van der Waals surface area contributed by atoms with Crippen molar-refractivity contribution >= 4 is 21.7 Å². The van der Waals surface area contributed by atoms with Crippen LogP contribution >= 0.6 is 11.6 Å². The minimum Gasteiger partial charge on any atom is -0.379 e. The van der Waals surface area contributed by atoms with Crippen LogP contribution in [0.25, 0.3) is 11.1 Å². The van der Waals surface area contributed by atoms with Gasteiger partial charge in [-0.2, -0.15) is 8.42 Å². The van der Waals surface area contributed by atoms with Gasteiger partial charge in [-0.05, 0) is 54.4 Å². The van der Waals surface area contributed by atoms with E-state index in [-0.39, 0.29) is 10.6 Å². The SMILES string of the molecule is Cc1ccc(S(=O)(=O)Oc2ccc(-c3ccc(Cl)cc3)cc2)cc1. The molecule has 0 aliphatic heterocycles. The van der Waals surface area contributed by atoms with E-state index in [0.29, 0.717) is 5.02 Å². The Morgan fingerprint density at radius 3 is 1.79 bits per heavy atom. The summed E-state index contributed by atoms with van der Waals surface area (Å²) >= 11 is 5.88. The summed E-state index contributed by atoms with van der Waals surface area (Å²) in [6.45, 7) is 1.90. The predicted molar refractivity (Wildman–Crippen MR) is 95.9 cm³/mol. The van der Waals surface area contributed by atoms with Gasteiger partial charge in [-0.1, -0.05) is 53.6 Å². The lowest BCUT2D eigenvalue weighted by Gasteiger charge is -2.08. The molecular weight excluding hydrogens is 344 g/mol. The van der Waals surface area contributed by atoms with E-state index >= 15 is 0 Å². The minimum atomic E-state index is -3.83. The summed E-state index contributed by atoms with van der Waals surface area (Å²) in [5.41, 5.74) is 2.93. The number of aryl methyl sites for hydroxylation is 1. The molecular formula is C19H15ClO3S. The zero-order valence-corrected chi connectivity index (χ0v) is 14.5. The van der Waals surface area contributed by atoms with E-state index < -0.39 is 10.1 Å². The summed E-state index contributed by atoms with van der Waals surface area (Å²) < 4.78 is 29.7. The van der Waals surface area contributed by atoms with Gasteiger partial charge in [0.25, 0.3) is 0 Å². The molecule has 3 nitrogen and oxygen atoms in total. The molecule has 24 heavy (non-hydrogen) atoms. The van der Waals surface area contributed by atoms with E-state index in [9.17, 15) is 8.42 Å². The average Bonchev–Trinajstić information content (AvgIpc) is 2.56. The van der Waals surface area contributed by atoms with Crippen LogP contribution in [0.4, 0.5) is 0 Å². The number of rotatable bonds is 4. The van der Waals surface area contributed by atoms with Crippen LogP contribution in [0.1, 0.15) is 5.56 Å². The second-order valence-corrected chi connectivity index (χ2v) is 7.36. The topological polar surface area (TPSA) is 43.4 Å². The van der Waals surface area contributed by atoms with Crippen molar-refractivity contribution in [3.8, 4) is 16.9 Å². The van der Waals surface area contributed by atoms with Gasteiger partial charge < -0.3 is 4.18 Å². The predicted octanol–water partition coefficient (Wildman–Crippen LogP) is 5.08. The fraction of sp³-hybridized carbons (Fsp3) is 0.0526. The lowest BCUT2D eigenvalue weighted by molar-refractivity contribution is 0.486. The molecule has 0 atom stereocenters. The maximum atomic E-state index is 12.3. The summed E-state index contributed by atoms with van der Waals surface area (Å²) in [6.07, 6.45) is 0. The summed E-state index contributed by atoms with van der Waals surface area (Å²) in [7, 11) is -3.83. The summed E-state index contributed by atoms with van der Waals surface area (Å²) in [5.74, 6) is 0.272. The molecule has 0 amide bonds. The fourth-order valence-electron chi connectivity index (χ4n) is 2.23. The highest BCUT2D eigenvalue weighted by Gasteiger charge is 2.16. The average molecular weight is 359 g/mol. The molecule has 0 unspecified atom stereocenters. The van der Waals surface area contributed by atoms with Crippen LogP contribution in [0.3, 0.4) is 0 Å². The quantitative estimate of drug-likeness (QED) is 0.610. The highest BCUT2D eigenvalue weighted by atomic mass is 35.5. The second kappa shape index (κ2) is 6.67. The zero-order chi connectivity index (χ0) is 17.2. The maximum absolute atomic E-state index is 12.3. The molecule has 122 valence electrons. The van der Waals surface area contributed by atoms with E-state index in [1.54, 1.807) is 24.3 Å². The molecule has 0 aliphatic rings. The third-order valence-electron chi connectivity index (χ3n) is 3.55. The van der Waals surface area contributed by atoms with Crippen LogP contribution in [0.15, 0.2) is 77.7 Å². The Morgan fingerprint density at radius 2 is 1.25 bits per heavy atom. The molecule has 5 heteroatoms. The maximum Gasteiger partial charge on any atom is 0.339 e. The highest BCUT2D eigenvalue weighted by molar-refractivity contribution is 7.87. The molecule has 0 aliphatic carbocycles.